The summed E-state index contributed by atoms with van der Waals surface area (Å²) < 4.78 is 44.2. The quantitative estimate of drug-likeness (QED) is 0.511. The summed E-state index contributed by atoms with van der Waals surface area (Å²) in [6.07, 6.45) is 0. The van der Waals surface area contributed by atoms with E-state index in [9.17, 15) is 13.2 Å². The van der Waals surface area contributed by atoms with E-state index in [0.29, 0.717) is 17.2 Å². The van der Waals surface area contributed by atoms with Crippen LogP contribution in [0.25, 0.3) is 0 Å². The monoisotopic (exact) mass is 470 g/mol. The first-order valence-electron chi connectivity index (χ1n) is 10.0. The Bertz CT molecular complexity index is 1230. The Kier molecular flexibility index (Phi) is 7.44. The van der Waals surface area contributed by atoms with Gasteiger partial charge in [0.25, 0.3) is 10.0 Å². The van der Waals surface area contributed by atoms with Crippen molar-refractivity contribution in [3.8, 4) is 17.2 Å². The van der Waals surface area contributed by atoms with Gasteiger partial charge in [0.2, 0.25) is 5.91 Å². The molecular weight excluding hydrogens is 444 g/mol. The van der Waals surface area contributed by atoms with Gasteiger partial charge in [0.1, 0.15) is 28.7 Å². The number of carbonyl (C=O) groups excluding carboxylic acids is 1. The zero-order valence-corrected chi connectivity index (χ0v) is 19.7. The zero-order valence-electron chi connectivity index (χ0n) is 18.9. The largest absolute Gasteiger partial charge is 0.497 e. The number of hydrogen-bond acceptors (Lipinski definition) is 6. The minimum Gasteiger partial charge on any atom is -0.497 e. The van der Waals surface area contributed by atoms with Crippen LogP contribution in [0.3, 0.4) is 0 Å². The summed E-state index contributed by atoms with van der Waals surface area (Å²) in [7, 11) is 0.258. The molecule has 0 unspecified atom stereocenters. The summed E-state index contributed by atoms with van der Waals surface area (Å²) >= 11 is 0. The molecule has 1 amide bonds. The number of sulfonamides is 1. The van der Waals surface area contributed by atoms with E-state index in [1.165, 1.54) is 20.3 Å². The lowest BCUT2D eigenvalue weighted by molar-refractivity contribution is -0.114. The van der Waals surface area contributed by atoms with E-state index < -0.39 is 22.5 Å². The van der Waals surface area contributed by atoms with Gasteiger partial charge in [0, 0.05) is 11.8 Å². The van der Waals surface area contributed by atoms with E-state index in [4.69, 9.17) is 14.2 Å². The van der Waals surface area contributed by atoms with Gasteiger partial charge in [-0.05, 0) is 61.0 Å². The molecule has 0 saturated heterocycles. The van der Waals surface area contributed by atoms with Crippen molar-refractivity contribution >= 4 is 27.3 Å². The maximum atomic E-state index is 13.7. The van der Waals surface area contributed by atoms with Crippen molar-refractivity contribution in [3.05, 3.63) is 72.3 Å². The van der Waals surface area contributed by atoms with Crippen LogP contribution in [-0.4, -0.2) is 42.2 Å². The number of carbonyl (C=O) groups is 1. The van der Waals surface area contributed by atoms with E-state index in [0.717, 1.165) is 9.87 Å². The van der Waals surface area contributed by atoms with E-state index in [1.807, 2.05) is 0 Å². The van der Waals surface area contributed by atoms with Crippen molar-refractivity contribution in [2.75, 3.05) is 37.5 Å². The van der Waals surface area contributed by atoms with Gasteiger partial charge in [-0.25, -0.2) is 8.42 Å². The fraction of sp³-hybridized carbons (Fsp3) is 0.208. The van der Waals surface area contributed by atoms with Gasteiger partial charge in [0.15, 0.2) is 0 Å². The molecule has 0 heterocycles. The Hall–Kier alpha value is -3.72. The molecule has 0 saturated carbocycles. The highest BCUT2D eigenvalue weighted by molar-refractivity contribution is 7.93. The molecule has 8 nitrogen and oxygen atoms in total. The fourth-order valence-corrected chi connectivity index (χ4v) is 4.85. The lowest BCUT2D eigenvalue weighted by atomic mass is 10.2. The lowest BCUT2D eigenvalue weighted by Crippen LogP contribution is -2.38. The van der Waals surface area contributed by atoms with Crippen molar-refractivity contribution in [1.82, 2.24) is 0 Å². The molecule has 9 heteroatoms. The second-order valence-electron chi connectivity index (χ2n) is 7.14. The van der Waals surface area contributed by atoms with E-state index >= 15 is 0 Å². The third-order valence-electron chi connectivity index (χ3n) is 4.89. The third kappa shape index (κ3) is 5.56. The first-order valence-corrected chi connectivity index (χ1v) is 11.5. The normalized spacial score (nSPS) is 10.9. The SMILES string of the molecule is COc1ccc(NC(=O)CN(c2cccc(OC)c2)S(=O)(=O)c2cc(C)ccc2OC)cc1. The molecule has 0 aliphatic rings. The smallest absolute Gasteiger partial charge is 0.268 e. The van der Waals surface area contributed by atoms with Gasteiger partial charge in [0.05, 0.1) is 27.0 Å². The summed E-state index contributed by atoms with van der Waals surface area (Å²) in [5.74, 6) is 0.766. The summed E-state index contributed by atoms with van der Waals surface area (Å²) in [6, 6.07) is 18.1. The van der Waals surface area contributed by atoms with Crippen LogP contribution in [0.1, 0.15) is 5.56 Å². The average molecular weight is 471 g/mol. The van der Waals surface area contributed by atoms with Gasteiger partial charge in [-0.2, -0.15) is 0 Å². The van der Waals surface area contributed by atoms with Crippen LogP contribution in [0, 0.1) is 6.92 Å². The number of benzene rings is 3. The number of nitrogens with zero attached hydrogens (tertiary/aromatic N) is 1. The molecule has 0 aliphatic heterocycles. The van der Waals surface area contributed by atoms with Crippen LogP contribution in [0.4, 0.5) is 11.4 Å². The van der Waals surface area contributed by atoms with Gasteiger partial charge in [-0.1, -0.05) is 12.1 Å². The van der Waals surface area contributed by atoms with E-state index in [-0.39, 0.29) is 16.3 Å². The fourth-order valence-electron chi connectivity index (χ4n) is 3.19. The number of ether oxygens (including phenoxy) is 3. The minimum absolute atomic E-state index is 0.0370. The van der Waals surface area contributed by atoms with Crippen molar-refractivity contribution in [3.63, 3.8) is 0 Å². The summed E-state index contributed by atoms with van der Waals surface area (Å²) in [5.41, 5.74) is 1.53. The maximum absolute atomic E-state index is 13.7. The maximum Gasteiger partial charge on any atom is 0.268 e. The molecule has 33 heavy (non-hydrogen) atoms. The van der Waals surface area contributed by atoms with Crippen LogP contribution in [0.5, 0.6) is 17.2 Å². The van der Waals surface area contributed by atoms with Gasteiger partial charge < -0.3 is 19.5 Å². The number of anilines is 2. The summed E-state index contributed by atoms with van der Waals surface area (Å²) in [5, 5.41) is 2.72. The Morgan fingerprint density at radius 3 is 2.21 bits per heavy atom. The summed E-state index contributed by atoms with van der Waals surface area (Å²) in [4.78, 5) is 12.9. The standard InChI is InChI=1S/C24H26N2O6S/c1-17-8-13-22(32-4)23(14-17)33(28,29)26(19-6-5-7-21(15-19)31-3)16-24(27)25-18-9-11-20(30-2)12-10-18/h5-15H,16H2,1-4H3,(H,25,27). The molecule has 1 N–H and O–H groups in total. The Morgan fingerprint density at radius 2 is 1.58 bits per heavy atom. The molecule has 0 aliphatic carbocycles. The summed E-state index contributed by atoms with van der Waals surface area (Å²) in [6.45, 7) is 1.32. The predicted octanol–water partition coefficient (Wildman–Crippen LogP) is 3.85. The highest BCUT2D eigenvalue weighted by Crippen LogP contribution is 2.32. The molecule has 0 spiro atoms. The molecular formula is C24H26N2O6S. The van der Waals surface area contributed by atoms with E-state index in [2.05, 4.69) is 5.32 Å². The molecule has 0 bridgehead atoms. The molecule has 0 fully saturated rings. The highest BCUT2D eigenvalue weighted by Gasteiger charge is 2.30. The molecule has 0 atom stereocenters. The number of rotatable bonds is 9. The second-order valence-corrected chi connectivity index (χ2v) is 8.97. The van der Waals surface area contributed by atoms with Gasteiger partial charge in [-0.3, -0.25) is 9.10 Å². The third-order valence-corrected chi connectivity index (χ3v) is 6.68. The molecule has 3 aromatic carbocycles. The topological polar surface area (TPSA) is 94.2 Å². The Labute approximate surface area is 193 Å². The van der Waals surface area contributed by atoms with Crippen molar-refractivity contribution in [2.45, 2.75) is 11.8 Å². The van der Waals surface area contributed by atoms with Crippen LogP contribution < -0.4 is 23.8 Å². The van der Waals surface area contributed by atoms with Crippen LogP contribution in [0.2, 0.25) is 0 Å². The van der Waals surface area contributed by atoms with Crippen LogP contribution >= 0.6 is 0 Å². The van der Waals surface area contributed by atoms with Crippen molar-refractivity contribution in [1.29, 1.82) is 0 Å². The molecule has 174 valence electrons. The lowest BCUT2D eigenvalue weighted by Gasteiger charge is -2.25. The minimum atomic E-state index is -4.17. The Morgan fingerprint density at radius 1 is 0.879 bits per heavy atom. The van der Waals surface area contributed by atoms with Crippen molar-refractivity contribution in [2.24, 2.45) is 0 Å². The van der Waals surface area contributed by atoms with Crippen LogP contribution in [0.15, 0.2) is 71.6 Å². The predicted molar refractivity (Wildman–Crippen MR) is 127 cm³/mol. The molecule has 0 radical (unpaired) electrons. The molecule has 3 rings (SSSR count). The van der Waals surface area contributed by atoms with Gasteiger partial charge >= 0.3 is 0 Å². The number of amides is 1. The number of methoxy groups -OCH3 is 3. The molecule has 0 aromatic heterocycles. The number of nitrogens with one attached hydrogen (secondary N) is 1. The van der Waals surface area contributed by atoms with Crippen LogP contribution in [-0.2, 0) is 14.8 Å². The zero-order chi connectivity index (χ0) is 24.0. The first-order chi connectivity index (χ1) is 15.8. The highest BCUT2D eigenvalue weighted by atomic mass is 32.2. The Balaban J connectivity index is 2.00. The average Bonchev–Trinajstić information content (AvgIpc) is 2.83. The number of hydrogen-bond donors (Lipinski definition) is 1. The number of aryl methyl sites for hydroxylation is 1. The van der Waals surface area contributed by atoms with Gasteiger partial charge in [-0.15, -0.1) is 0 Å². The molecule has 3 aromatic rings. The first kappa shape index (κ1) is 23.9. The van der Waals surface area contributed by atoms with E-state index in [1.54, 1.807) is 74.7 Å². The second kappa shape index (κ2) is 10.3. The van der Waals surface area contributed by atoms with Crippen molar-refractivity contribution < 1.29 is 27.4 Å².